The Bertz CT molecular complexity index is 2980. The van der Waals surface area contributed by atoms with Crippen LogP contribution in [0.15, 0.2) is 173 Å². The maximum Gasteiger partial charge on any atom is 0.153 e. The number of anilines is 3. The Kier molecular flexibility index (Phi) is 6.35. The molecule has 244 valence electrons. The second-order valence-electron chi connectivity index (χ2n) is 13.0. The van der Waals surface area contributed by atoms with Gasteiger partial charge < -0.3 is 13.7 Å². The predicted octanol–water partition coefficient (Wildman–Crippen LogP) is 13.4. The van der Waals surface area contributed by atoms with Gasteiger partial charge in [0, 0.05) is 71.5 Å². The fraction of sp³-hybridized carbons (Fsp3) is 0. The largest absolute Gasteiger partial charge is 0.454 e. The summed E-state index contributed by atoms with van der Waals surface area (Å²) in [5.74, 6) is 0. The van der Waals surface area contributed by atoms with Crippen LogP contribution in [0.4, 0.5) is 17.1 Å². The molecule has 0 bridgehead atoms. The molecule has 0 aliphatic rings. The van der Waals surface area contributed by atoms with Gasteiger partial charge in [-0.25, -0.2) is 0 Å². The normalized spacial score (nSPS) is 11.8. The lowest BCUT2D eigenvalue weighted by Crippen LogP contribution is -2.09. The average molecular weight is 686 g/mol. The van der Waals surface area contributed by atoms with E-state index >= 15 is 0 Å². The Morgan fingerprint density at radius 1 is 0.423 bits per heavy atom. The summed E-state index contributed by atoms with van der Waals surface area (Å²) < 4.78 is 15.2. The minimum atomic E-state index is 0.792. The third kappa shape index (κ3) is 4.48. The van der Waals surface area contributed by atoms with Crippen LogP contribution in [0.2, 0.25) is 0 Å². The Morgan fingerprint density at radius 3 is 1.54 bits per heavy atom. The number of pyridine rings is 2. The van der Waals surface area contributed by atoms with Gasteiger partial charge in [0.1, 0.15) is 22.2 Å². The van der Waals surface area contributed by atoms with Crippen LogP contribution in [-0.4, -0.2) is 9.97 Å². The molecule has 0 radical (unpaired) electrons. The van der Waals surface area contributed by atoms with E-state index in [9.17, 15) is 0 Å². The number of para-hydroxylation sites is 2. The Morgan fingerprint density at radius 2 is 0.942 bits per heavy atom. The SMILES string of the molecule is c1cnc2c(c1)oc1c(-c3ccc(N(c4ccc(-c5cccc6c5oc5cccnc56)cc4)c4ccc5sc6ccccc6c5c4)cc3)cccc12. The first-order chi connectivity index (χ1) is 25.8. The zero-order valence-electron chi connectivity index (χ0n) is 27.7. The standard InChI is InChI=1S/C46H27N3O2S/c1-2-14-41-35(7-1)38-27-32(23-24-42(38)52-41)49(30-19-15-28(16-20-30)33-8-3-10-36-43-39(50-45(33)36)12-5-25-47-43)31-21-17-29(18-22-31)34-9-4-11-37-44-40(51-46(34)37)13-6-26-48-44/h1-27H. The molecule has 0 unspecified atom stereocenters. The molecule has 0 amide bonds. The summed E-state index contributed by atoms with van der Waals surface area (Å²) in [5, 5.41) is 4.57. The molecule has 0 N–H and O–H groups in total. The summed E-state index contributed by atoms with van der Waals surface area (Å²) >= 11 is 1.83. The molecule has 11 aromatic rings. The minimum absolute atomic E-state index is 0.792. The van der Waals surface area contributed by atoms with Crippen molar-refractivity contribution in [1.29, 1.82) is 0 Å². The highest BCUT2D eigenvalue weighted by molar-refractivity contribution is 7.25. The molecule has 0 saturated heterocycles. The van der Waals surface area contributed by atoms with Crippen molar-refractivity contribution >= 4 is 92.7 Å². The fourth-order valence-corrected chi connectivity index (χ4v) is 8.66. The molecule has 11 rings (SSSR count). The molecular weight excluding hydrogens is 659 g/mol. The molecule has 0 atom stereocenters. The average Bonchev–Trinajstić information content (AvgIpc) is 3.90. The van der Waals surface area contributed by atoms with Crippen molar-refractivity contribution in [3.63, 3.8) is 0 Å². The molecule has 0 aliphatic heterocycles. The molecule has 6 heteroatoms. The summed E-state index contributed by atoms with van der Waals surface area (Å²) in [7, 11) is 0. The second-order valence-corrected chi connectivity index (χ2v) is 14.1. The lowest BCUT2D eigenvalue weighted by Gasteiger charge is -2.26. The molecule has 5 heterocycles. The molecule has 0 saturated carbocycles. The van der Waals surface area contributed by atoms with Crippen LogP contribution in [0.1, 0.15) is 0 Å². The van der Waals surface area contributed by atoms with E-state index in [1.54, 1.807) is 0 Å². The highest BCUT2D eigenvalue weighted by atomic mass is 32.1. The summed E-state index contributed by atoms with van der Waals surface area (Å²) in [5.41, 5.74) is 12.5. The number of rotatable bonds is 5. The van der Waals surface area contributed by atoms with E-state index < -0.39 is 0 Å². The summed E-state index contributed by atoms with van der Waals surface area (Å²) in [6.45, 7) is 0. The predicted molar refractivity (Wildman–Crippen MR) is 215 cm³/mol. The van der Waals surface area contributed by atoms with Crippen LogP contribution in [0.3, 0.4) is 0 Å². The zero-order valence-corrected chi connectivity index (χ0v) is 28.5. The van der Waals surface area contributed by atoms with E-state index in [1.807, 2.05) is 48.0 Å². The number of aromatic nitrogens is 2. The van der Waals surface area contributed by atoms with Crippen molar-refractivity contribution in [3.8, 4) is 22.3 Å². The van der Waals surface area contributed by atoms with Crippen molar-refractivity contribution in [2.75, 3.05) is 4.90 Å². The Balaban J connectivity index is 1.04. The lowest BCUT2D eigenvalue weighted by molar-refractivity contribution is 0.669. The van der Waals surface area contributed by atoms with Gasteiger partial charge in [-0.15, -0.1) is 11.3 Å². The van der Waals surface area contributed by atoms with Crippen LogP contribution in [-0.2, 0) is 0 Å². The number of thiophene rings is 1. The van der Waals surface area contributed by atoms with E-state index in [-0.39, 0.29) is 0 Å². The van der Waals surface area contributed by atoms with Gasteiger partial charge in [-0.05, 0) is 96.1 Å². The molecular formula is C46H27N3O2S. The molecule has 0 spiro atoms. The van der Waals surface area contributed by atoms with Gasteiger partial charge in [0.2, 0.25) is 0 Å². The van der Waals surface area contributed by atoms with Crippen molar-refractivity contribution in [2.45, 2.75) is 0 Å². The van der Waals surface area contributed by atoms with Gasteiger partial charge in [-0.2, -0.15) is 0 Å². The number of benzene rings is 6. The zero-order chi connectivity index (χ0) is 34.2. The molecule has 0 fully saturated rings. The number of hydrogen-bond donors (Lipinski definition) is 0. The number of fused-ring (bicyclic) bond motifs is 9. The number of furan rings is 2. The number of hydrogen-bond acceptors (Lipinski definition) is 6. The van der Waals surface area contributed by atoms with Crippen LogP contribution >= 0.6 is 11.3 Å². The molecule has 0 aliphatic carbocycles. The third-order valence-electron chi connectivity index (χ3n) is 10.00. The van der Waals surface area contributed by atoms with E-state index in [1.165, 1.54) is 20.2 Å². The van der Waals surface area contributed by atoms with Crippen molar-refractivity contribution in [2.24, 2.45) is 0 Å². The van der Waals surface area contributed by atoms with E-state index in [4.69, 9.17) is 8.83 Å². The first kappa shape index (κ1) is 29.0. The highest BCUT2D eigenvalue weighted by Crippen LogP contribution is 2.43. The van der Waals surface area contributed by atoms with Crippen molar-refractivity contribution in [3.05, 3.63) is 164 Å². The highest BCUT2D eigenvalue weighted by Gasteiger charge is 2.18. The number of nitrogens with zero attached hydrogens (tertiary/aromatic N) is 3. The topological polar surface area (TPSA) is 55.3 Å². The van der Waals surface area contributed by atoms with E-state index in [2.05, 4.69) is 142 Å². The van der Waals surface area contributed by atoms with Gasteiger partial charge in [0.25, 0.3) is 0 Å². The van der Waals surface area contributed by atoms with Gasteiger partial charge in [0.05, 0.1) is 0 Å². The maximum absolute atomic E-state index is 6.33. The van der Waals surface area contributed by atoms with E-state index in [0.717, 1.165) is 83.5 Å². The summed E-state index contributed by atoms with van der Waals surface area (Å²) in [4.78, 5) is 11.5. The molecule has 52 heavy (non-hydrogen) atoms. The first-order valence-corrected chi connectivity index (χ1v) is 18.0. The van der Waals surface area contributed by atoms with E-state index in [0.29, 0.717) is 0 Å². The fourth-order valence-electron chi connectivity index (χ4n) is 7.57. The van der Waals surface area contributed by atoms with Crippen molar-refractivity contribution in [1.82, 2.24) is 9.97 Å². The summed E-state index contributed by atoms with van der Waals surface area (Å²) in [6.07, 6.45) is 3.62. The van der Waals surface area contributed by atoms with Crippen LogP contribution in [0, 0.1) is 0 Å². The van der Waals surface area contributed by atoms with Gasteiger partial charge in [0.15, 0.2) is 11.2 Å². The van der Waals surface area contributed by atoms with Gasteiger partial charge in [-0.3, -0.25) is 9.97 Å². The Labute approximate surface area is 301 Å². The van der Waals surface area contributed by atoms with Crippen molar-refractivity contribution < 1.29 is 8.83 Å². The molecule has 6 aromatic carbocycles. The third-order valence-corrected chi connectivity index (χ3v) is 11.1. The van der Waals surface area contributed by atoms with Gasteiger partial charge in [-0.1, -0.05) is 66.7 Å². The first-order valence-electron chi connectivity index (χ1n) is 17.2. The van der Waals surface area contributed by atoms with Gasteiger partial charge >= 0.3 is 0 Å². The second kappa shape index (κ2) is 11.4. The molecule has 5 aromatic heterocycles. The summed E-state index contributed by atoms with van der Waals surface area (Å²) in [6, 6.07) is 53.2. The maximum atomic E-state index is 6.33. The Hall–Kier alpha value is -6.76. The quantitative estimate of drug-likeness (QED) is 0.180. The smallest absolute Gasteiger partial charge is 0.153 e. The van der Waals surface area contributed by atoms with Crippen LogP contribution in [0.5, 0.6) is 0 Å². The minimum Gasteiger partial charge on any atom is -0.454 e. The lowest BCUT2D eigenvalue weighted by atomic mass is 10.0. The van der Waals surface area contributed by atoms with Crippen LogP contribution < -0.4 is 4.90 Å². The van der Waals surface area contributed by atoms with Crippen LogP contribution in [0.25, 0.3) is 86.6 Å². The monoisotopic (exact) mass is 685 g/mol. The molecule has 5 nitrogen and oxygen atoms in total.